The number of amides is 1. The van der Waals surface area contributed by atoms with Gasteiger partial charge in [-0.15, -0.1) is 5.10 Å². The second-order valence-corrected chi connectivity index (χ2v) is 13.4. The molecule has 2 heterocycles. The predicted molar refractivity (Wildman–Crippen MR) is 136 cm³/mol. The zero-order valence-electron chi connectivity index (χ0n) is 20.4. The smallest absolute Gasteiger partial charge is 0.322 e. The zero-order chi connectivity index (χ0) is 26.2. The first kappa shape index (κ1) is 25.6. The number of fused-ring (bicyclic) bond motifs is 1. The summed E-state index contributed by atoms with van der Waals surface area (Å²) < 4.78 is 57.5. The number of carbonyl (C=O) groups excluding carboxylic acids is 1. The largest absolute Gasteiger partial charge is 0.403 e. The molecule has 1 aromatic heterocycles. The summed E-state index contributed by atoms with van der Waals surface area (Å²) in [5.74, 6) is -0.445. The molecule has 0 unspecified atom stereocenters. The monoisotopic (exact) mass is 544 g/mol. The van der Waals surface area contributed by atoms with Gasteiger partial charge >= 0.3 is 6.01 Å². The molecule has 5 rings (SSSR count). The number of hydrogen-bond acceptors (Lipinski definition) is 8. The number of sulfone groups is 1. The van der Waals surface area contributed by atoms with Crippen LogP contribution < -0.4 is 5.32 Å². The van der Waals surface area contributed by atoms with Crippen molar-refractivity contribution < 1.29 is 26.0 Å². The fourth-order valence-corrected chi connectivity index (χ4v) is 8.00. The Morgan fingerprint density at radius 2 is 1.62 bits per heavy atom. The average molecular weight is 545 g/mol. The van der Waals surface area contributed by atoms with Gasteiger partial charge in [0.25, 0.3) is 0 Å². The van der Waals surface area contributed by atoms with E-state index in [0.29, 0.717) is 5.89 Å². The first-order valence-electron chi connectivity index (χ1n) is 12.2. The number of anilines is 1. The third-order valence-corrected chi connectivity index (χ3v) is 10.2. The molecule has 1 N–H and O–H groups in total. The minimum atomic E-state index is -4.04. The van der Waals surface area contributed by atoms with E-state index >= 15 is 0 Å². The molecule has 196 valence electrons. The van der Waals surface area contributed by atoms with E-state index in [-0.39, 0.29) is 47.6 Å². The van der Waals surface area contributed by atoms with Gasteiger partial charge in [0.1, 0.15) is 4.90 Å². The van der Waals surface area contributed by atoms with Crippen LogP contribution in [-0.4, -0.2) is 56.6 Å². The summed E-state index contributed by atoms with van der Waals surface area (Å²) in [4.78, 5) is 12.3. The summed E-state index contributed by atoms with van der Waals surface area (Å²) in [5, 5.41) is 10.7. The number of aryl methyl sites for hydroxylation is 2. The van der Waals surface area contributed by atoms with E-state index in [1.165, 1.54) is 46.1 Å². The number of sulfonamides is 1. The van der Waals surface area contributed by atoms with Crippen molar-refractivity contribution in [3.05, 3.63) is 53.6 Å². The van der Waals surface area contributed by atoms with E-state index in [9.17, 15) is 21.6 Å². The van der Waals surface area contributed by atoms with Gasteiger partial charge in [0.05, 0.1) is 4.90 Å². The lowest BCUT2D eigenvalue weighted by Crippen LogP contribution is -2.41. The predicted octanol–water partition coefficient (Wildman–Crippen LogP) is 3.06. The number of hydrogen-bond donors (Lipinski definition) is 1. The molecule has 1 aliphatic carbocycles. The van der Waals surface area contributed by atoms with Crippen molar-refractivity contribution in [3.8, 4) is 11.5 Å². The van der Waals surface area contributed by atoms with Gasteiger partial charge in [0.15, 0.2) is 9.84 Å². The van der Waals surface area contributed by atoms with E-state index in [1.54, 1.807) is 0 Å². The molecule has 2 aliphatic rings. The fourth-order valence-electron chi connectivity index (χ4n) is 4.93. The fraction of sp³-hybridized carbons (Fsp3) is 0.400. The van der Waals surface area contributed by atoms with Crippen molar-refractivity contribution in [1.82, 2.24) is 14.5 Å². The summed E-state index contributed by atoms with van der Waals surface area (Å²) in [5.41, 5.74) is 3.44. The summed E-state index contributed by atoms with van der Waals surface area (Å²) in [6.07, 6.45) is 5.98. The van der Waals surface area contributed by atoms with E-state index in [2.05, 4.69) is 27.6 Å². The Labute approximate surface area is 216 Å². The number of aromatic nitrogens is 2. The maximum atomic E-state index is 13.2. The lowest BCUT2D eigenvalue weighted by Gasteiger charge is -2.30. The molecule has 1 saturated heterocycles. The van der Waals surface area contributed by atoms with Crippen LogP contribution in [0.1, 0.15) is 36.8 Å². The van der Waals surface area contributed by atoms with Gasteiger partial charge in [0.2, 0.25) is 21.8 Å². The molecule has 1 aliphatic heterocycles. The van der Waals surface area contributed by atoms with Crippen LogP contribution in [0.4, 0.5) is 6.01 Å². The Morgan fingerprint density at radius 3 is 2.32 bits per heavy atom. The van der Waals surface area contributed by atoms with Crippen molar-refractivity contribution in [2.24, 2.45) is 5.92 Å². The summed E-state index contributed by atoms with van der Waals surface area (Å²) in [7, 11) is -7.77. The Hall–Kier alpha value is -3.09. The standard InChI is InChI=1S/C25H28N4O6S2/c1-36(31,32)21-8-4-5-9-22(21)37(33,34)29-14-12-18(13-15-29)23(30)26-25-28-27-24(35-25)20-11-10-17-6-2-3-7-19(17)16-20/h4-5,8-11,16,18H,2-3,6-7,12-15H2,1H3,(H,26,28,30). The second-order valence-electron chi connectivity index (χ2n) is 9.49. The summed E-state index contributed by atoms with van der Waals surface area (Å²) >= 11 is 0. The number of nitrogens with one attached hydrogen (secondary N) is 1. The SMILES string of the molecule is CS(=O)(=O)c1ccccc1S(=O)(=O)N1CCC(C(=O)Nc2nnc(-c3ccc4c(c3)CCCC4)o2)CC1. The molecule has 37 heavy (non-hydrogen) atoms. The molecule has 10 nitrogen and oxygen atoms in total. The van der Waals surface area contributed by atoms with E-state index in [1.807, 2.05) is 6.07 Å². The number of benzene rings is 2. The highest BCUT2D eigenvalue weighted by Gasteiger charge is 2.35. The van der Waals surface area contributed by atoms with Gasteiger partial charge in [-0.1, -0.05) is 23.3 Å². The molecule has 0 saturated carbocycles. The molecule has 0 radical (unpaired) electrons. The highest BCUT2D eigenvalue weighted by molar-refractivity contribution is 7.93. The van der Waals surface area contributed by atoms with Crippen LogP contribution in [0.15, 0.2) is 56.7 Å². The normalized spacial score (nSPS) is 17.3. The van der Waals surface area contributed by atoms with Crippen molar-refractivity contribution >= 4 is 31.8 Å². The molecule has 3 aromatic rings. The minimum absolute atomic E-state index is 0.00477. The lowest BCUT2D eigenvalue weighted by atomic mass is 9.90. The number of nitrogens with zero attached hydrogens (tertiary/aromatic N) is 3. The molecule has 12 heteroatoms. The number of carbonyl (C=O) groups is 1. The molecular formula is C25H28N4O6S2. The Balaban J connectivity index is 1.22. The van der Waals surface area contributed by atoms with E-state index < -0.39 is 25.8 Å². The Kier molecular flexibility index (Phi) is 6.90. The van der Waals surface area contributed by atoms with Crippen LogP contribution >= 0.6 is 0 Å². The Bertz CT molecular complexity index is 1540. The zero-order valence-corrected chi connectivity index (χ0v) is 22.0. The molecule has 0 spiro atoms. The summed E-state index contributed by atoms with van der Waals surface area (Å²) in [6.45, 7) is 0.172. The Morgan fingerprint density at radius 1 is 0.946 bits per heavy atom. The van der Waals surface area contributed by atoms with Gasteiger partial charge in [-0.2, -0.15) is 4.31 Å². The molecule has 1 amide bonds. The lowest BCUT2D eigenvalue weighted by molar-refractivity contribution is -0.121. The van der Waals surface area contributed by atoms with Crippen LogP contribution in [0.3, 0.4) is 0 Å². The molecule has 0 atom stereocenters. The highest BCUT2D eigenvalue weighted by Crippen LogP contribution is 2.30. The second kappa shape index (κ2) is 9.99. The first-order valence-corrected chi connectivity index (χ1v) is 15.5. The molecule has 1 fully saturated rings. The molecule has 2 aromatic carbocycles. The van der Waals surface area contributed by atoms with Crippen molar-refractivity contribution in [2.45, 2.75) is 48.3 Å². The van der Waals surface area contributed by atoms with Crippen molar-refractivity contribution in [1.29, 1.82) is 0 Å². The first-order chi connectivity index (χ1) is 17.6. The van der Waals surface area contributed by atoms with Gasteiger partial charge < -0.3 is 4.42 Å². The van der Waals surface area contributed by atoms with Gasteiger partial charge in [0, 0.05) is 30.8 Å². The van der Waals surface area contributed by atoms with Crippen LogP contribution in [0.25, 0.3) is 11.5 Å². The topological polar surface area (TPSA) is 140 Å². The van der Waals surface area contributed by atoms with Crippen LogP contribution in [0.2, 0.25) is 0 Å². The molecule has 0 bridgehead atoms. The van der Waals surface area contributed by atoms with E-state index in [0.717, 1.165) is 31.1 Å². The average Bonchev–Trinajstić information content (AvgIpc) is 3.36. The minimum Gasteiger partial charge on any atom is -0.403 e. The van der Waals surface area contributed by atoms with Crippen LogP contribution in [-0.2, 0) is 37.5 Å². The van der Waals surface area contributed by atoms with Gasteiger partial charge in [-0.3, -0.25) is 10.1 Å². The highest BCUT2D eigenvalue weighted by atomic mass is 32.2. The van der Waals surface area contributed by atoms with Gasteiger partial charge in [-0.05, 0) is 73.9 Å². The number of rotatable bonds is 6. The van der Waals surface area contributed by atoms with Crippen LogP contribution in [0, 0.1) is 5.92 Å². The maximum absolute atomic E-state index is 13.2. The van der Waals surface area contributed by atoms with Crippen molar-refractivity contribution in [3.63, 3.8) is 0 Å². The third kappa shape index (κ3) is 5.32. The third-order valence-electron chi connectivity index (χ3n) is 6.94. The summed E-state index contributed by atoms with van der Waals surface area (Å²) in [6, 6.07) is 11.6. The molecular weight excluding hydrogens is 516 g/mol. The number of piperidine rings is 1. The maximum Gasteiger partial charge on any atom is 0.322 e. The van der Waals surface area contributed by atoms with Crippen molar-refractivity contribution in [2.75, 3.05) is 24.7 Å². The van der Waals surface area contributed by atoms with Gasteiger partial charge in [-0.25, -0.2) is 16.8 Å². The van der Waals surface area contributed by atoms with Crippen LogP contribution in [0.5, 0.6) is 0 Å². The van der Waals surface area contributed by atoms with E-state index in [4.69, 9.17) is 4.42 Å². The quantitative estimate of drug-likeness (QED) is 0.499.